The minimum atomic E-state index is -0.604. The third-order valence-electron chi connectivity index (χ3n) is 19.7. The molecule has 1 spiro atoms. The summed E-state index contributed by atoms with van der Waals surface area (Å²) in [7, 11) is 0. The van der Waals surface area contributed by atoms with Gasteiger partial charge in [-0.25, -0.2) is 0 Å². The molecule has 404 valence electrons. The number of benzene rings is 13. The van der Waals surface area contributed by atoms with Crippen LogP contribution >= 0.6 is 11.3 Å². The predicted molar refractivity (Wildman–Crippen MR) is 360 cm³/mol. The van der Waals surface area contributed by atoms with Gasteiger partial charge in [-0.15, -0.1) is 11.3 Å². The van der Waals surface area contributed by atoms with E-state index in [0.717, 1.165) is 34.1 Å². The molecule has 0 saturated carbocycles. The van der Waals surface area contributed by atoms with E-state index < -0.39 is 10.8 Å². The highest BCUT2D eigenvalue weighted by molar-refractivity contribution is 7.25. The third-order valence-corrected chi connectivity index (χ3v) is 20.9. The maximum atomic E-state index is 2.58. The summed E-state index contributed by atoms with van der Waals surface area (Å²) in [5.41, 5.74) is 28.5. The maximum Gasteiger partial charge on any atom is 0.0726 e. The molecule has 0 aliphatic heterocycles. The van der Waals surface area contributed by atoms with Crippen molar-refractivity contribution in [3.63, 3.8) is 0 Å². The van der Waals surface area contributed by atoms with Gasteiger partial charge >= 0.3 is 0 Å². The van der Waals surface area contributed by atoms with Crippen LogP contribution in [0.2, 0.25) is 0 Å². The van der Waals surface area contributed by atoms with Gasteiger partial charge in [0.25, 0.3) is 0 Å². The van der Waals surface area contributed by atoms with E-state index >= 15 is 0 Å². The Bertz CT molecular complexity index is 5050. The Labute approximate surface area is 505 Å². The Balaban J connectivity index is 0.907. The molecule has 13 aromatic carbocycles. The zero-order chi connectivity index (χ0) is 56.9. The van der Waals surface area contributed by atoms with E-state index in [0.29, 0.717) is 0 Å². The first-order valence-electron chi connectivity index (χ1n) is 30.1. The Morgan fingerprint density at radius 2 is 0.686 bits per heavy atom. The normalized spacial score (nSPS) is 14.4. The molecule has 4 aliphatic rings. The van der Waals surface area contributed by atoms with E-state index in [1.165, 1.54) is 120 Å². The molecular formula is C83H56N2S. The molecule has 0 fully saturated rings. The molecule has 0 N–H and O–H groups in total. The van der Waals surface area contributed by atoms with Crippen molar-refractivity contribution >= 4 is 65.6 Å². The van der Waals surface area contributed by atoms with Crippen LogP contribution in [-0.2, 0) is 16.2 Å². The van der Waals surface area contributed by atoms with Crippen LogP contribution in [-0.4, -0.2) is 0 Å². The molecular weight excluding hydrogens is 1060 g/mol. The Morgan fingerprint density at radius 1 is 0.256 bits per heavy atom. The van der Waals surface area contributed by atoms with Crippen LogP contribution in [0.15, 0.2) is 303 Å². The predicted octanol–water partition coefficient (Wildman–Crippen LogP) is 22.0. The lowest BCUT2D eigenvalue weighted by atomic mass is 9.67. The third kappa shape index (κ3) is 6.61. The molecule has 2 nitrogen and oxygen atoms in total. The summed E-state index contributed by atoms with van der Waals surface area (Å²) in [5.74, 6) is 0. The summed E-state index contributed by atoms with van der Waals surface area (Å²) in [6.07, 6.45) is 0. The minimum absolute atomic E-state index is 0.191. The molecule has 0 saturated heterocycles. The van der Waals surface area contributed by atoms with Gasteiger partial charge in [0.2, 0.25) is 0 Å². The van der Waals surface area contributed by atoms with Gasteiger partial charge in [-0.05, 0) is 167 Å². The fourth-order valence-electron chi connectivity index (χ4n) is 16.2. The summed E-state index contributed by atoms with van der Waals surface area (Å²) in [6.45, 7) is 4.77. The molecule has 1 heterocycles. The number of thiophene rings is 1. The second-order valence-corrected chi connectivity index (χ2v) is 25.3. The molecule has 0 bridgehead atoms. The number of hydrogen-bond acceptors (Lipinski definition) is 3. The number of nitrogens with zero attached hydrogens (tertiary/aromatic N) is 2. The highest BCUT2D eigenvalue weighted by Gasteiger charge is 2.53. The number of fused-ring (bicyclic) bond motifs is 19. The van der Waals surface area contributed by atoms with Crippen LogP contribution in [0.4, 0.5) is 34.1 Å². The van der Waals surface area contributed by atoms with E-state index in [1.54, 1.807) is 0 Å². The largest absolute Gasteiger partial charge is 0.310 e. The van der Waals surface area contributed by atoms with Crippen molar-refractivity contribution in [1.29, 1.82) is 0 Å². The van der Waals surface area contributed by atoms with Crippen molar-refractivity contribution in [3.05, 3.63) is 359 Å². The van der Waals surface area contributed by atoms with Crippen LogP contribution in [0.25, 0.3) is 64.7 Å². The monoisotopic (exact) mass is 1110 g/mol. The fraction of sp³-hybridized carbons (Fsp3) is 0.0602. The smallest absolute Gasteiger partial charge is 0.0726 e. The summed E-state index contributed by atoms with van der Waals surface area (Å²) in [6, 6.07) is 115. The summed E-state index contributed by atoms with van der Waals surface area (Å²) in [4.78, 5) is 5.09. The highest BCUT2D eigenvalue weighted by atomic mass is 32.1. The minimum Gasteiger partial charge on any atom is -0.310 e. The zero-order valence-electron chi connectivity index (χ0n) is 47.7. The Hall–Kier alpha value is -10.3. The molecule has 0 atom stereocenters. The van der Waals surface area contributed by atoms with Gasteiger partial charge in [-0.3, -0.25) is 0 Å². The summed E-state index contributed by atoms with van der Waals surface area (Å²) < 4.78 is 2.58. The first kappa shape index (κ1) is 49.1. The van der Waals surface area contributed by atoms with Crippen LogP contribution in [0.1, 0.15) is 69.5 Å². The standard InChI is InChI=1S/C83H56N2S/c1-81(2)69-36-13-6-29-60(69)65-47-45-59(52-76(65)81)84(58-46-48-79-68(51-58)66-34-12-19-44-78(66)86-79)56-27-21-28-57(50-56)85(55-26-20-25-54(49-55)82(53-23-4-3-5-24-53)70-37-14-7-30-61(70)62-31-8-15-38-71(62)82)77-43-22-42-75-80(77)67-35-11-18-41-74(67)83(75)72-39-16-9-32-63(72)64-33-10-17-40-73(64)83/h3-52H,1-2H3. The highest BCUT2D eigenvalue weighted by Crippen LogP contribution is 2.65. The van der Waals surface area contributed by atoms with E-state index in [4.69, 9.17) is 0 Å². The number of rotatable bonds is 8. The Morgan fingerprint density at radius 3 is 1.35 bits per heavy atom. The van der Waals surface area contributed by atoms with Gasteiger partial charge in [-0.2, -0.15) is 0 Å². The van der Waals surface area contributed by atoms with E-state index in [2.05, 4.69) is 327 Å². The molecule has 3 heteroatoms. The Kier molecular flexibility index (Phi) is 10.5. The van der Waals surface area contributed by atoms with Gasteiger partial charge in [-0.1, -0.05) is 244 Å². The molecule has 0 radical (unpaired) electrons. The molecule has 1 aromatic heterocycles. The average Bonchev–Trinajstić information content (AvgIpc) is 1.55. The molecule has 0 unspecified atom stereocenters. The lowest BCUT2D eigenvalue weighted by Gasteiger charge is -2.36. The molecule has 14 aromatic rings. The van der Waals surface area contributed by atoms with E-state index in [9.17, 15) is 0 Å². The van der Waals surface area contributed by atoms with E-state index in [-0.39, 0.29) is 5.41 Å². The molecule has 0 amide bonds. The van der Waals surface area contributed by atoms with Gasteiger partial charge < -0.3 is 9.80 Å². The lowest BCUT2D eigenvalue weighted by molar-refractivity contribution is 0.660. The van der Waals surface area contributed by atoms with Gasteiger partial charge in [0, 0.05) is 59.6 Å². The number of anilines is 6. The van der Waals surface area contributed by atoms with Crippen LogP contribution in [0, 0.1) is 0 Å². The van der Waals surface area contributed by atoms with E-state index in [1.807, 2.05) is 11.3 Å². The molecule has 86 heavy (non-hydrogen) atoms. The first-order chi connectivity index (χ1) is 42.4. The second kappa shape index (κ2) is 18.3. The van der Waals surface area contributed by atoms with Crippen molar-refractivity contribution in [1.82, 2.24) is 0 Å². The quantitative estimate of drug-likeness (QED) is 0.150. The van der Waals surface area contributed by atoms with Crippen LogP contribution < -0.4 is 9.80 Å². The summed E-state index contributed by atoms with van der Waals surface area (Å²) >= 11 is 1.86. The fourth-order valence-corrected chi connectivity index (χ4v) is 17.3. The topological polar surface area (TPSA) is 6.48 Å². The van der Waals surface area contributed by atoms with Crippen molar-refractivity contribution in [2.75, 3.05) is 9.80 Å². The van der Waals surface area contributed by atoms with Crippen molar-refractivity contribution < 1.29 is 0 Å². The zero-order valence-corrected chi connectivity index (χ0v) is 48.5. The lowest BCUT2D eigenvalue weighted by Crippen LogP contribution is -2.29. The number of hydrogen-bond donors (Lipinski definition) is 0. The van der Waals surface area contributed by atoms with Crippen LogP contribution in [0.3, 0.4) is 0 Å². The van der Waals surface area contributed by atoms with Gasteiger partial charge in [0.15, 0.2) is 0 Å². The van der Waals surface area contributed by atoms with Crippen molar-refractivity contribution in [2.24, 2.45) is 0 Å². The van der Waals surface area contributed by atoms with Crippen LogP contribution in [0.5, 0.6) is 0 Å². The van der Waals surface area contributed by atoms with Crippen molar-refractivity contribution in [2.45, 2.75) is 30.1 Å². The van der Waals surface area contributed by atoms with Crippen molar-refractivity contribution in [3.8, 4) is 44.5 Å². The van der Waals surface area contributed by atoms with Gasteiger partial charge in [0.05, 0.1) is 16.5 Å². The van der Waals surface area contributed by atoms with Gasteiger partial charge in [0.1, 0.15) is 0 Å². The maximum absolute atomic E-state index is 2.58. The second-order valence-electron chi connectivity index (χ2n) is 24.2. The first-order valence-corrected chi connectivity index (χ1v) is 30.9. The molecule has 18 rings (SSSR count). The SMILES string of the molecule is CC1(C)c2ccccc2-c2ccc(N(c3cccc(N(c4cccc(C5(c6ccccc6)c6ccccc6-c6ccccc65)c4)c4cccc5c4-c4ccccc4C54c5ccccc5-c5ccccc54)c3)c3ccc4sc5ccccc5c4c3)cc21. The average molecular weight is 1110 g/mol. The summed E-state index contributed by atoms with van der Waals surface area (Å²) in [5, 5.41) is 2.55. The molecule has 4 aliphatic carbocycles.